The van der Waals surface area contributed by atoms with Crippen LogP contribution in [0.2, 0.25) is 0 Å². The molecule has 28 heavy (non-hydrogen) atoms. The van der Waals surface area contributed by atoms with Crippen molar-refractivity contribution in [2.45, 2.75) is 38.0 Å². The summed E-state index contributed by atoms with van der Waals surface area (Å²) in [7, 11) is 1.48. The lowest BCUT2D eigenvalue weighted by molar-refractivity contribution is -0.143. The van der Waals surface area contributed by atoms with Gasteiger partial charge in [-0.1, -0.05) is 25.1 Å². The van der Waals surface area contributed by atoms with Crippen molar-refractivity contribution >= 4 is 17.7 Å². The molecule has 6 nitrogen and oxygen atoms in total. The molecule has 0 unspecified atom stereocenters. The van der Waals surface area contributed by atoms with E-state index in [1.54, 1.807) is 11.0 Å². The Kier molecular flexibility index (Phi) is 6.13. The van der Waals surface area contributed by atoms with Gasteiger partial charge in [0, 0.05) is 38.6 Å². The van der Waals surface area contributed by atoms with Crippen LogP contribution in [0.25, 0.3) is 0 Å². The fourth-order valence-electron chi connectivity index (χ4n) is 4.29. The Bertz CT molecular complexity index is 769. The number of ether oxygens (including phenoxy) is 1. The first kappa shape index (κ1) is 20.5. The molecule has 2 aliphatic heterocycles. The molecular formula is C21H27FN2O4. The second-order valence-electron chi connectivity index (χ2n) is 7.85. The maximum absolute atomic E-state index is 14.7. The number of piperidine rings is 1. The number of likely N-dealkylation sites (tertiary alicyclic amines) is 2. The fourth-order valence-corrected chi connectivity index (χ4v) is 4.29. The first-order valence-electron chi connectivity index (χ1n) is 9.75. The van der Waals surface area contributed by atoms with E-state index in [4.69, 9.17) is 4.74 Å². The van der Waals surface area contributed by atoms with Crippen molar-refractivity contribution in [1.82, 2.24) is 9.80 Å². The number of hydrogen-bond donors (Lipinski definition) is 0. The number of methoxy groups -OCH3 is 1. The number of imide groups is 1. The quantitative estimate of drug-likeness (QED) is 0.698. The summed E-state index contributed by atoms with van der Waals surface area (Å²) in [6.07, 6.45) is 1.57. The van der Waals surface area contributed by atoms with Crippen molar-refractivity contribution in [3.8, 4) is 0 Å². The molecule has 2 aliphatic rings. The van der Waals surface area contributed by atoms with Gasteiger partial charge in [0.05, 0.1) is 18.6 Å². The zero-order chi connectivity index (χ0) is 20.3. The molecule has 3 amide bonds. The highest BCUT2D eigenvalue weighted by molar-refractivity contribution is 6.10. The Balaban J connectivity index is 1.95. The van der Waals surface area contributed by atoms with E-state index in [0.29, 0.717) is 19.0 Å². The van der Waals surface area contributed by atoms with Crippen molar-refractivity contribution in [3.63, 3.8) is 0 Å². The van der Waals surface area contributed by atoms with Gasteiger partial charge in [-0.2, -0.15) is 0 Å². The van der Waals surface area contributed by atoms with Gasteiger partial charge in [0.2, 0.25) is 17.7 Å². The number of carbonyl (C=O) groups is 3. The molecule has 2 atom stereocenters. The average Bonchev–Trinajstić information content (AvgIpc) is 2.90. The van der Waals surface area contributed by atoms with Crippen molar-refractivity contribution < 1.29 is 23.5 Å². The van der Waals surface area contributed by atoms with Crippen molar-refractivity contribution in [1.29, 1.82) is 0 Å². The minimum absolute atomic E-state index is 0.0965. The maximum atomic E-state index is 14.7. The zero-order valence-corrected chi connectivity index (χ0v) is 16.4. The lowest BCUT2D eigenvalue weighted by atomic mass is 9.75. The summed E-state index contributed by atoms with van der Waals surface area (Å²) in [4.78, 5) is 41.8. The molecule has 0 radical (unpaired) electrons. The molecule has 0 saturated carbocycles. The minimum atomic E-state index is -1.49. The normalized spacial score (nSPS) is 25.5. The third-order valence-corrected chi connectivity index (χ3v) is 5.78. The number of carbonyl (C=O) groups excluding carboxylic acids is 3. The number of amides is 3. The summed E-state index contributed by atoms with van der Waals surface area (Å²) in [5.41, 5.74) is -1.37. The van der Waals surface area contributed by atoms with Crippen LogP contribution in [-0.4, -0.2) is 60.9 Å². The number of hydrogen-bond acceptors (Lipinski definition) is 4. The Morgan fingerprint density at radius 1 is 1.32 bits per heavy atom. The molecule has 0 aliphatic carbocycles. The fraction of sp³-hybridized carbons (Fsp3) is 0.571. The van der Waals surface area contributed by atoms with E-state index in [2.05, 4.69) is 6.92 Å². The highest BCUT2D eigenvalue weighted by Gasteiger charge is 2.55. The molecular weight excluding hydrogens is 363 g/mol. The van der Waals surface area contributed by atoms with E-state index >= 15 is 0 Å². The van der Waals surface area contributed by atoms with Crippen LogP contribution >= 0.6 is 0 Å². The van der Waals surface area contributed by atoms with Gasteiger partial charge in [-0.3, -0.25) is 19.3 Å². The molecule has 2 saturated heterocycles. The van der Waals surface area contributed by atoms with E-state index in [0.717, 1.165) is 17.7 Å². The van der Waals surface area contributed by atoms with Crippen LogP contribution < -0.4 is 0 Å². The van der Waals surface area contributed by atoms with Crippen LogP contribution in [-0.2, 0) is 24.5 Å². The zero-order valence-electron chi connectivity index (χ0n) is 16.4. The summed E-state index contributed by atoms with van der Waals surface area (Å²) in [5.74, 6) is -1.30. The standard InChI is InChI=1S/C21H27FN2O4/c1-15-6-5-9-23(14-15)18(25)12-21(16-7-3-4-8-17(16)22)13-19(26)24(20(21)27)10-11-28-2/h3-4,7-8,15H,5-6,9-14H2,1-2H3/t15-,21-/m0/s1. The Morgan fingerprint density at radius 2 is 2.07 bits per heavy atom. The van der Waals surface area contributed by atoms with Gasteiger partial charge in [0.15, 0.2) is 0 Å². The van der Waals surface area contributed by atoms with E-state index in [1.807, 2.05) is 0 Å². The molecule has 2 heterocycles. The molecule has 7 heteroatoms. The third kappa shape index (κ3) is 3.81. The van der Waals surface area contributed by atoms with Crippen LogP contribution in [0.5, 0.6) is 0 Å². The van der Waals surface area contributed by atoms with Gasteiger partial charge in [0.25, 0.3) is 0 Å². The van der Waals surface area contributed by atoms with Crippen LogP contribution in [0.4, 0.5) is 4.39 Å². The van der Waals surface area contributed by atoms with Crippen LogP contribution in [0, 0.1) is 11.7 Å². The van der Waals surface area contributed by atoms with E-state index in [9.17, 15) is 18.8 Å². The summed E-state index contributed by atoms with van der Waals surface area (Å²) >= 11 is 0. The average molecular weight is 390 g/mol. The van der Waals surface area contributed by atoms with Crippen molar-refractivity contribution in [3.05, 3.63) is 35.6 Å². The first-order valence-corrected chi connectivity index (χ1v) is 9.75. The SMILES string of the molecule is COCCN1C(=O)C[C@@](CC(=O)N2CCC[C@H](C)C2)(c2ccccc2F)C1=O. The van der Waals surface area contributed by atoms with Crippen molar-refractivity contribution in [2.75, 3.05) is 33.4 Å². The monoisotopic (exact) mass is 390 g/mol. The molecule has 0 bridgehead atoms. The molecule has 152 valence electrons. The highest BCUT2D eigenvalue weighted by atomic mass is 19.1. The number of benzene rings is 1. The van der Waals surface area contributed by atoms with Gasteiger partial charge in [-0.25, -0.2) is 4.39 Å². The number of rotatable bonds is 6. The molecule has 0 N–H and O–H groups in total. The summed E-state index contributed by atoms with van der Waals surface area (Å²) < 4.78 is 19.7. The molecule has 3 rings (SSSR count). The molecule has 2 fully saturated rings. The van der Waals surface area contributed by atoms with Gasteiger partial charge in [-0.15, -0.1) is 0 Å². The van der Waals surface area contributed by atoms with Gasteiger partial charge in [-0.05, 0) is 24.8 Å². The predicted molar refractivity (Wildman–Crippen MR) is 101 cm³/mol. The Morgan fingerprint density at radius 3 is 2.75 bits per heavy atom. The summed E-state index contributed by atoms with van der Waals surface area (Å²) in [5, 5.41) is 0. The van der Waals surface area contributed by atoms with Gasteiger partial charge < -0.3 is 9.64 Å². The van der Waals surface area contributed by atoms with E-state index in [1.165, 1.54) is 25.3 Å². The smallest absolute Gasteiger partial charge is 0.241 e. The minimum Gasteiger partial charge on any atom is -0.383 e. The Labute approximate surface area is 164 Å². The van der Waals surface area contributed by atoms with Gasteiger partial charge in [0.1, 0.15) is 5.82 Å². The summed E-state index contributed by atoms with van der Waals surface area (Å²) in [6, 6.07) is 5.93. The third-order valence-electron chi connectivity index (χ3n) is 5.78. The van der Waals surface area contributed by atoms with Crippen LogP contribution in [0.3, 0.4) is 0 Å². The number of halogens is 1. The highest BCUT2D eigenvalue weighted by Crippen LogP contribution is 2.41. The van der Waals surface area contributed by atoms with E-state index < -0.39 is 23.0 Å². The topological polar surface area (TPSA) is 66.9 Å². The second kappa shape index (κ2) is 8.39. The van der Waals surface area contributed by atoms with Crippen LogP contribution in [0.15, 0.2) is 24.3 Å². The molecule has 0 aromatic heterocycles. The number of nitrogens with zero attached hydrogens (tertiary/aromatic N) is 2. The second-order valence-corrected chi connectivity index (χ2v) is 7.85. The predicted octanol–water partition coefficient (Wildman–Crippen LogP) is 2.12. The lowest BCUT2D eigenvalue weighted by Gasteiger charge is -2.34. The van der Waals surface area contributed by atoms with Gasteiger partial charge >= 0.3 is 0 Å². The molecule has 1 aromatic rings. The Hall–Kier alpha value is -2.28. The summed E-state index contributed by atoms with van der Waals surface area (Å²) in [6.45, 7) is 3.64. The molecule has 0 spiro atoms. The lowest BCUT2D eigenvalue weighted by Crippen LogP contribution is -2.46. The van der Waals surface area contributed by atoms with Crippen molar-refractivity contribution in [2.24, 2.45) is 5.92 Å². The first-order chi connectivity index (χ1) is 13.4. The largest absolute Gasteiger partial charge is 0.383 e. The maximum Gasteiger partial charge on any atom is 0.241 e. The van der Waals surface area contributed by atoms with Crippen LogP contribution in [0.1, 0.15) is 38.2 Å². The van der Waals surface area contributed by atoms with E-state index in [-0.39, 0.29) is 37.5 Å². The molecule has 1 aromatic carbocycles.